The Kier molecular flexibility index (Phi) is 6.57. The number of hydrogen-bond donors (Lipinski definition) is 1. The lowest BCUT2D eigenvalue weighted by Gasteiger charge is -2.32. The van der Waals surface area contributed by atoms with Crippen molar-refractivity contribution in [3.05, 3.63) is 89.4 Å². The van der Waals surface area contributed by atoms with Crippen molar-refractivity contribution in [2.24, 2.45) is 0 Å². The number of halogens is 1. The van der Waals surface area contributed by atoms with E-state index in [0.29, 0.717) is 12.2 Å². The zero-order chi connectivity index (χ0) is 21.6. The normalized spacial score (nSPS) is 14.5. The monoisotopic (exact) mass is 419 g/mol. The van der Waals surface area contributed by atoms with Gasteiger partial charge in [-0.3, -0.25) is 4.79 Å². The summed E-state index contributed by atoms with van der Waals surface area (Å²) in [5, 5.41) is 2.89. The Bertz CT molecular complexity index is 996. The predicted octanol–water partition coefficient (Wildman–Crippen LogP) is 4.97. The fraction of sp³-hybridized carbons (Fsp3) is 0.280. The maximum absolute atomic E-state index is 13.0. The van der Waals surface area contributed by atoms with Gasteiger partial charge in [-0.2, -0.15) is 0 Å². The van der Waals surface area contributed by atoms with Gasteiger partial charge in [-0.15, -0.1) is 0 Å². The van der Waals surface area contributed by atoms with Crippen LogP contribution in [0.5, 0.6) is 0 Å². The van der Waals surface area contributed by atoms with Crippen molar-refractivity contribution in [2.45, 2.75) is 32.5 Å². The van der Waals surface area contributed by atoms with E-state index in [2.05, 4.69) is 15.2 Å². The Morgan fingerprint density at radius 2 is 1.77 bits per heavy atom. The van der Waals surface area contributed by atoms with Crippen LogP contribution in [-0.2, 0) is 11.3 Å². The first-order chi connectivity index (χ1) is 15.1. The molecule has 160 valence electrons. The molecule has 31 heavy (non-hydrogen) atoms. The molecule has 4 rings (SSSR count). The minimum atomic E-state index is -0.233. The molecule has 1 amide bonds. The molecule has 2 heterocycles. The summed E-state index contributed by atoms with van der Waals surface area (Å²) in [7, 11) is 0. The zero-order valence-electron chi connectivity index (χ0n) is 17.6. The van der Waals surface area contributed by atoms with E-state index in [9.17, 15) is 9.18 Å². The summed E-state index contributed by atoms with van der Waals surface area (Å²) in [4.78, 5) is 19.1. The van der Waals surface area contributed by atoms with Gasteiger partial charge >= 0.3 is 0 Å². The van der Waals surface area contributed by atoms with Crippen LogP contribution < -0.4 is 10.2 Å². The minimum Gasteiger partial charge on any atom is -0.373 e. The van der Waals surface area contributed by atoms with Gasteiger partial charge in [-0.25, -0.2) is 9.37 Å². The Morgan fingerprint density at radius 3 is 2.42 bits per heavy atom. The largest absolute Gasteiger partial charge is 0.373 e. The van der Waals surface area contributed by atoms with Gasteiger partial charge in [0.25, 0.3) is 5.91 Å². The molecular formula is C25H26FN3O2. The van der Waals surface area contributed by atoms with Crippen LogP contribution in [0.1, 0.15) is 34.3 Å². The topological polar surface area (TPSA) is 54.5 Å². The molecule has 0 aliphatic carbocycles. The first-order valence-corrected chi connectivity index (χ1v) is 10.5. The lowest BCUT2D eigenvalue weighted by molar-refractivity contribution is 0.0250. The van der Waals surface area contributed by atoms with E-state index >= 15 is 0 Å². The summed E-state index contributed by atoms with van der Waals surface area (Å²) in [5.74, 6) is 0.461. The summed E-state index contributed by atoms with van der Waals surface area (Å²) in [6.45, 7) is 4.19. The minimum absolute atomic E-state index is 0.171. The number of hydrogen-bond acceptors (Lipinski definition) is 4. The summed E-state index contributed by atoms with van der Waals surface area (Å²) in [5.41, 5.74) is 3.42. The first-order valence-electron chi connectivity index (χ1n) is 10.5. The Labute approximate surface area is 181 Å². The summed E-state index contributed by atoms with van der Waals surface area (Å²) < 4.78 is 19.0. The van der Waals surface area contributed by atoms with Gasteiger partial charge in [0.1, 0.15) is 11.6 Å². The van der Waals surface area contributed by atoms with Crippen LogP contribution in [0.25, 0.3) is 0 Å². The molecule has 1 aliphatic heterocycles. The van der Waals surface area contributed by atoms with Crippen molar-refractivity contribution in [3.8, 4) is 0 Å². The molecular weight excluding hydrogens is 393 g/mol. The average Bonchev–Trinajstić information content (AvgIpc) is 2.81. The average molecular weight is 420 g/mol. The fourth-order valence-corrected chi connectivity index (χ4v) is 3.59. The molecule has 1 fully saturated rings. The molecule has 0 spiro atoms. The molecule has 1 N–H and O–H groups in total. The number of pyridine rings is 1. The van der Waals surface area contributed by atoms with Gasteiger partial charge in [0, 0.05) is 25.0 Å². The lowest BCUT2D eigenvalue weighted by Crippen LogP contribution is -2.37. The van der Waals surface area contributed by atoms with Crippen molar-refractivity contribution in [1.29, 1.82) is 0 Å². The molecule has 6 heteroatoms. The van der Waals surface area contributed by atoms with Crippen LogP contribution in [-0.4, -0.2) is 30.1 Å². The van der Waals surface area contributed by atoms with Crippen LogP contribution in [0.4, 0.5) is 15.9 Å². The molecule has 5 nitrogen and oxygen atoms in total. The van der Waals surface area contributed by atoms with Gasteiger partial charge in [0.2, 0.25) is 0 Å². The molecule has 0 unspecified atom stereocenters. The number of nitrogens with zero attached hydrogens (tertiary/aromatic N) is 2. The first kappa shape index (κ1) is 21.0. The molecule has 0 bridgehead atoms. The number of aromatic nitrogens is 1. The highest BCUT2D eigenvalue weighted by Gasteiger charge is 2.21. The van der Waals surface area contributed by atoms with Crippen molar-refractivity contribution < 1.29 is 13.9 Å². The molecule has 0 radical (unpaired) electrons. The van der Waals surface area contributed by atoms with Crippen molar-refractivity contribution in [1.82, 2.24) is 4.98 Å². The van der Waals surface area contributed by atoms with E-state index in [1.807, 2.05) is 43.3 Å². The Balaban J connectivity index is 1.26. The van der Waals surface area contributed by atoms with E-state index in [4.69, 9.17) is 4.74 Å². The number of aryl methyl sites for hydroxylation is 1. The quantitative estimate of drug-likeness (QED) is 0.613. The second-order valence-corrected chi connectivity index (χ2v) is 7.85. The second-order valence-electron chi connectivity index (χ2n) is 7.85. The summed E-state index contributed by atoms with van der Waals surface area (Å²) in [6, 6.07) is 17.8. The number of anilines is 2. The van der Waals surface area contributed by atoms with Gasteiger partial charge in [-0.1, -0.05) is 29.8 Å². The van der Waals surface area contributed by atoms with E-state index in [1.165, 1.54) is 12.1 Å². The molecule has 0 saturated carbocycles. The van der Waals surface area contributed by atoms with Gasteiger partial charge < -0.3 is 15.0 Å². The van der Waals surface area contributed by atoms with Crippen molar-refractivity contribution in [2.75, 3.05) is 23.3 Å². The third-order valence-electron chi connectivity index (χ3n) is 5.48. The van der Waals surface area contributed by atoms with Crippen LogP contribution in [0, 0.1) is 12.7 Å². The number of benzene rings is 2. The highest BCUT2D eigenvalue weighted by Crippen LogP contribution is 2.21. The van der Waals surface area contributed by atoms with Crippen LogP contribution in [0.3, 0.4) is 0 Å². The molecule has 2 aromatic carbocycles. The molecule has 1 saturated heterocycles. The van der Waals surface area contributed by atoms with Crippen LogP contribution >= 0.6 is 0 Å². The highest BCUT2D eigenvalue weighted by molar-refractivity contribution is 6.04. The summed E-state index contributed by atoms with van der Waals surface area (Å²) in [6.07, 6.45) is 3.61. The van der Waals surface area contributed by atoms with Crippen LogP contribution in [0.15, 0.2) is 66.9 Å². The molecule has 1 aliphatic rings. The van der Waals surface area contributed by atoms with E-state index in [-0.39, 0.29) is 17.8 Å². The number of nitrogens with one attached hydrogen (secondary N) is 1. The Hall–Kier alpha value is -3.25. The standard InChI is InChI=1S/C25H26FN3O2/c1-18-2-9-22(10-3-18)28-25(30)20-6-11-24(27-16-20)29-14-12-23(13-15-29)31-17-19-4-7-21(26)8-5-19/h2-11,16,23H,12-15,17H2,1H3,(H,28,30). The van der Waals surface area contributed by atoms with E-state index in [1.54, 1.807) is 18.3 Å². The number of amides is 1. The molecule has 1 aromatic heterocycles. The zero-order valence-corrected chi connectivity index (χ0v) is 17.6. The van der Waals surface area contributed by atoms with Crippen LogP contribution in [0.2, 0.25) is 0 Å². The molecule has 0 atom stereocenters. The number of ether oxygens (including phenoxy) is 1. The van der Waals surface area contributed by atoms with E-state index < -0.39 is 0 Å². The molecule has 3 aromatic rings. The number of carbonyl (C=O) groups excluding carboxylic acids is 1. The Morgan fingerprint density at radius 1 is 1.06 bits per heavy atom. The predicted molar refractivity (Wildman–Crippen MR) is 120 cm³/mol. The highest BCUT2D eigenvalue weighted by atomic mass is 19.1. The number of carbonyl (C=O) groups is 1. The fourth-order valence-electron chi connectivity index (χ4n) is 3.59. The van der Waals surface area contributed by atoms with Crippen molar-refractivity contribution in [3.63, 3.8) is 0 Å². The number of piperidine rings is 1. The smallest absolute Gasteiger partial charge is 0.257 e. The van der Waals surface area contributed by atoms with Gasteiger partial charge in [0.15, 0.2) is 0 Å². The maximum atomic E-state index is 13.0. The summed E-state index contributed by atoms with van der Waals surface area (Å²) >= 11 is 0. The van der Waals surface area contributed by atoms with Gasteiger partial charge in [0.05, 0.1) is 18.3 Å². The third kappa shape index (κ3) is 5.67. The number of rotatable bonds is 6. The van der Waals surface area contributed by atoms with Crippen molar-refractivity contribution >= 4 is 17.4 Å². The second kappa shape index (κ2) is 9.71. The lowest BCUT2D eigenvalue weighted by atomic mass is 10.1. The maximum Gasteiger partial charge on any atom is 0.257 e. The SMILES string of the molecule is Cc1ccc(NC(=O)c2ccc(N3CCC(OCc4ccc(F)cc4)CC3)nc2)cc1. The van der Waals surface area contributed by atoms with E-state index in [0.717, 1.165) is 48.6 Å². The third-order valence-corrected chi connectivity index (χ3v) is 5.48. The van der Waals surface area contributed by atoms with Gasteiger partial charge in [-0.05, 0) is 61.7 Å².